The van der Waals surface area contributed by atoms with Crippen molar-refractivity contribution in [1.29, 1.82) is 0 Å². The van der Waals surface area contributed by atoms with E-state index < -0.39 is 120 Å². The Morgan fingerprint density at radius 3 is 2.36 bits per heavy atom. The SMILES string of the molecule is C[C@@H]1O[C@@H](O[C@H]2CC[C@H](O[C@@]3(C)CC(=O)[C@]4(O)C5=C(C=C[C@]4(O)C3)C(=O)c3c(ccc([C@H]4C[C@H]6O[C@H]7CC(=O)[C@H](C)O[C@@H]7O[C@@H]6[C@@H](C)O4)c3O)C5=O)O[C@H]2C)C=CC1=O. The molecule has 9 rings (SSSR count). The third-order valence-corrected chi connectivity index (χ3v) is 13.1. The van der Waals surface area contributed by atoms with Crippen LogP contribution in [0.3, 0.4) is 0 Å². The lowest BCUT2D eigenvalue weighted by Gasteiger charge is -2.53. The quantitative estimate of drug-likeness (QED) is 0.389. The van der Waals surface area contributed by atoms with Gasteiger partial charge < -0.3 is 53.2 Å². The van der Waals surface area contributed by atoms with Gasteiger partial charge in [0.05, 0.1) is 47.3 Å². The smallest absolute Gasteiger partial charge is 0.198 e. The summed E-state index contributed by atoms with van der Waals surface area (Å²) in [5, 5.41) is 36.1. The number of hydrogen-bond acceptors (Lipinski definition) is 16. The third-order valence-electron chi connectivity index (χ3n) is 13.1. The lowest BCUT2D eigenvalue weighted by atomic mass is 9.57. The number of ether oxygens (including phenoxy) is 8. The third kappa shape index (κ3) is 6.54. The molecule has 16 nitrogen and oxygen atoms in total. The molecule has 0 spiro atoms. The maximum Gasteiger partial charge on any atom is 0.198 e. The standard InChI is InChI=1S/C43H48O16/c1-18-25(44)8-10-32(53-18)57-27-9-11-33(54-20(27)3)59-41(5)16-31(46)43(51)35-24(12-13-42(43,50)17-41)37(48)34-23(38(35)49)7-6-22(36(34)47)28-15-29-39(21(4)52-28)58-40-30(56-29)14-26(45)19(2)55-40/h6-8,10,12-13,18-21,27-30,32-33,39-40,47,50-51H,9,11,14-17H2,1-5H3/t18-,19-,20-,21+,27-,28+,29+,30-,32-,33-,39+,40+,41-,42-,43-/m0/s1. The van der Waals surface area contributed by atoms with Gasteiger partial charge in [-0.3, -0.25) is 24.0 Å². The highest BCUT2D eigenvalue weighted by Gasteiger charge is 2.67. The number of benzene rings is 1. The number of carbonyl (C=O) groups excluding carboxylic acids is 5. The Bertz CT molecular complexity index is 2110. The Morgan fingerprint density at radius 2 is 1.61 bits per heavy atom. The van der Waals surface area contributed by atoms with Gasteiger partial charge in [-0.2, -0.15) is 0 Å². The Kier molecular flexibility index (Phi) is 9.90. The molecule has 4 saturated heterocycles. The van der Waals surface area contributed by atoms with E-state index in [1.54, 1.807) is 40.7 Å². The summed E-state index contributed by atoms with van der Waals surface area (Å²) < 4.78 is 48.6. The van der Waals surface area contributed by atoms with Crippen LogP contribution in [0.2, 0.25) is 0 Å². The van der Waals surface area contributed by atoms with Crippen LogP contribution < -0.4 is 0 Å². The monoisotopic (exact) mass is 820 g/mol. The molecule has 0 radical (unpaired) electrons. The molecule has 1 aromatic carbocycles. The fourth-order valence-corrected chi connectivity index (χ4v) is 10.0. The number of ketones is 5. The van der Waals surface area contributed by atoms with Crippen LogP contribution in [0, 0.1) is 0 Å². The minimum absolute atomic E-state index is 0.101. The van der Waals surface area contributed by atoms with E-state index in [-0.39, 0.29) is 59.2 Å². The number of carbonyl (C=O) groups is 5. The molecule has 5 heterocycles. The number of phenolic OH excluding ortho intramolecular Hbond substituents is 1. The van der Waals surface area contributed by atoms with Crippen LogP contribution in [0.4, 0.5) is 0 Å². The number of aliphatic hydroxyl groups is 2. The van der Waals surface area contributed by atoms with Crippen LogP contribution in [0.25, 0.3) is 0 Å². The summed E-state index contributed by atoms with van der Waals surface area (Å²) in [6.07, 6.45) is -1.64. The molecule has 15 atom stereocenters. The Balaban J connectivity index is 0.912. The van der Waals surface area contributed by atoms with Crippen molar-refractivity contribution < 1.29 is 77.2 Å². The van der Waals surface area contributed by atoms with E-state index >= 15 is 0 Å². The topological polar surface area (TPSA) is 220 Å². The first kappa shape index (κ1) is 40.6. The lowest BCUT2D eigenvalue weighted by molar-refractivity contribution is -0.347. The van der Waals surface area contributed by atoms with E-state index in [9.17, 15) is 39.3 Å². The second-order valence-corrected chi connectivity index (χ2v) is 17.3. The fraction of sp³-hybridized carbons (Fsp3) is 0.605. The Hall–Kier alpha value is -3.81. The van der Waals surface area contributed by atoms with Gasteiger partial charge in [0.1, 0.15) is 35.8 Å². The number of aromatic hydroxyl groups is 1. The van der Waals surface area contributed by atoms with Gasteiger partial charge in [0.2, 0.25) is 0 Å². The molecule has 3 aliphatic carbocycles. The van der Waals surface area contributed by atoms with Gasteiger partial charge in [0, 0.05) is 48.8 Å². The van der Waals surface area contributed by atoms with Gasteiger partial charge in [0.15, 0.2) is 53.4 Å². The van der Waals surface area contributed by atoms with Gasteiger partial charge in [0.25, 0.3) is 0 Å². The molecule has 1 saturated carbocycles. The van der Waals surface area contributed by atoms with Crippen LogP contribution >= 0.6 is 0 Å². The predicted molar refractivity (Wildman–Crippen MR) is 199 cm³/mol. The number of Topliss-reactive ketones (excluding diaryl/α,β-unsaturated/α-hetero) is 4. The highest BCUT2D eigenvalue weighted by Crippen LogP contribution is 2.53. The van der Waals surface area contributed by atoms with E-state index in [4.69, 9.17) is 37.9 Å². The molecule has 1 aromatic rings. The summed E-state index contributed by atoms with van der Waals surface area (Å²) in [5.74, 6) is -3.39. The summed E-state index contributed by atoms with van der Waals surface area (Å²) in [6, 6.07) is 2.79. The minimum atomic E-state index is -2.81. The summed E-state index contributed by atoms with van der Waals surface area (Å²) in [6.45, 7) is 8.50. The maximum absolute atomic E-state index is 14.4. The lowest BCUT2D eigenvalue weighted by Crippen LogP contribution is -2.69. The molecule has 0 unspecified atom stereocenters. The summed E-state index contributed by atoms with van der Waals surface area (Å²) in [5.41, 5.74) is -7.76. The van der Waals surface area contributed by atoms with Crippen molar-refractivity contribution in [2.75, 3.05) is 0 Å². The molecule has 0 bridgehead atoms. The van der Waals surface area contributed by atoms with Gasteiger partial charge >= 0.3 is 0 Å². The molecule has 0 aromatic heterocycles. The van der Waals surface area contributed by atoms with Gasteiger partial charge in [-0.25, -0.2) is 0 Å². The highest BCUT2D eigenvalue weighted by molar-refractivity contribution is 6.32. The molecule has 16 heteroatoms. The first-order chi connectivity index (χ1) is 27.9. The maximum atomic E-state index is 14.4. The average molecular weight is 821 g/mol. The highest BCUT2D eigenvalue weighted by atomic mass is 16.7. The molecule has 59 heavy (non-hydrogen) atoms. The first-order valence-corrected chi connectivity index (χ1v) is 20.3. The van der Waals surface area contributed by atoms with Crippen molar-refractivity contribution in [3.8, 4) is 5.75 Å². The molecular weight excluding hydrogens is 772 g/mol. The van der Waals surface area contributed by atoms with E-state index in [0.29, 0.717) is 12.8 Å². The van der Waals surface area contributed by atoms with E-state index in [2.05, 4.69) is 0 Å². The second kappa shape index (κ2) is 14.4. The fourth-order valence-electron chi connectivity index (χ4n) is 10.0. The number of fused-ring (bicyclic) bond motifs is 5. The van der Waals surface area contributed by atoms with E-state index in [1.807, 2.05) is 0 Å². The van der Waals surface area contributed by atoms with E-state index in [0.717, 1.165) is 6.08 Å². The summed E-state index contributed by atoms with van der Waals surface area (Å²) >= 11 is 0. The number of rotatable bonds is 5. The Morgan fingerprint density at radius 1 is 0.831 bits per heavy atom. The molecular formula is C43H48O16. The van der Waals surface area contributed by atoms with Gasteiger partial charge in [-0.1, -0.05) is 12.1 Å². The van der Waals surface area contributed by atoms with E-state index in [1.165, 1.54) is 24.3 Å². The largest absolute Gasteiger partial charge is 0.507 e. The molecule has 5 aliphatic heterocycles. The second-order valence-electron chi connectivity index (χ2n) is 17.3. The van der Waals surface area contributed by atoms with Crippen molar-refractivity contribution in [3.05, 3.63) is 64.3 Å². The van der Waals surface area contributed by atoms with Crippen molar-refractivity contribution >= 4 is 28.9 Å². The summed E-state index contributed by atoms with van der Waals surface area (Å²) in [7, 11) is 0. The zero-order chi connectivity index (χ0) is 41.9. The Labute approximate surface area is 339 Å². The van der Waals surface area contributed by atoms with Crippen molar-refractivity contribution in [2.45, 2.75) is 164 Å². The van der Waals surface area contributed by atoms with Gasteiger partial charge in [-0.05, 0) is 65.3 Å². The van der Waals surface area contributed by atoms with Crippen LogP contribution in [0.1, 0.15) is 106 Å². The van der Waals surface area contributed by atoms with Crippen LogP contribution in [-0.4, -0.2) is 129 Å². The zero-order valence-electron chi connectivity index (χ0n) is 33.3. The van der Waals surface area contributed by atoms with Crippen molar-refractivity contribution in [3.63, 3.8) is 0 Å². The normalized spacial score (nSPS) is 44.4. The summed E-state index contributed by atoms with van der Waals surface area (Å²) in [4.78, 5) is 66.9. The molecule has 5 fully saturated rings. The number of hydrogen-bond donors (Lipinski definition) is 3. The van der Waals surface area contributed by atoms with Crippen molar-refractivity contribution in [1.82, 2.24) is 0 Å². The van der Waals surface area contributed by atoms with Gasteiger partial charge in [-0.15, -0.1) is 0 Å². The molecule has 3 N–H and O–H groups in total. The average Bonchev–Trinajstić information content (AvgIpc) is 3.16. The number of phenols is 1. The van der Waals surface area contributed by atoms with Crippen LogP contribution in [0.5, 0.6) is 5.75 Å². The van der Waals surface area contributed by atoms with Crippen LogP contribution in [-0.2, 0) is 52.3 Å². The minimum Gasteiger partial charge on any atom is -0.507 e. The molecule has 316 valence electrons. The molecule has 8 aliphatic rings. The molecule has 0 amide bonds. The number of allylic oxidation sites excluding steroid dienone is 2. The van der Waals surface area contributed by atoms with Crippen molar-refractivity contribution in [2.24, 2.45) is 0 Å². The predicted octanol–water partition coefficient (Wildman–Crippen LogP) is 2.72. The van der Waals surface area contributed by atoms with Crippen LogP contribution in [0.15, 0.2) is 47.6 Å². The zero-order valence-corrected chi connectivity index (χ0v) is 33.3. The first-order valence-electron chi connectivity index (χ1n) is 20.3.